The Kier molecular flexibility index (Phi) is 4.18. The lowest BCUT2D eigenvalue weighted by Gasteiger charge is -2.09. The van der Waals surface area contributed by atoms with Gasteiger partial charge in [-0.2, -0.15) is 0 Å². The second kappa shape index (κ2) is 6.24. The first-order valence-electron chi connectivity index (χ1n) is 6.89. The summed E-state index contributed by atoms with van der Waals surface area (Å²) in [6.07, 6.45) is 1.63. The molecule has 0 saturated carbocycles. The van der Waals surface area contributed by atoms with Gasteiger partial charge in [0.25, 0.3) is 0 Å². The summed E-state index contributed by atoms with van der Waals surface area (Å²) < 4.78 is 0. The Labute approximate surface area is 128 Å². The Hall–Kier alpha value is -1.91. The van der Waals surface area contributed by atoms with Gasteiger partial charge >= 0.3 is 0 Å². The average Bonchev–Trinajstić information content (AvgIpc) is 2.51. The second-order valence-corrected chi connectivity index (χ2v) is 5.96. The summed E-state index contributed by atoms with van der Waals surface area (Å²) in [5, 5.41) is 5.28. The van der Waals surface area contributed by atoms with Gasteiger partial charge in [-0.05, 0) is 37.2 Å². The molecule has 3 aromatic rings. The van der Waals surface area contributed by atoms with Crippen molar-refractivity contribution in [2.24, 2.45) is 0 Å². The molecule has 0 saturated heterocycles. The van der Waals surface area contributed by atoms with Crippen LogP contribution in [0.15, 0.2) is 58.7 Å². The van der Waals surface area contributed by atoms with Crippen LogP contribution < -0.4 is 5.32 Å². The van der Waals surface area contributed by atoms with Crippen molar-refractivity contribution < 1.29 is 0 Å². The van der Waals surface area contributed by atoms with E-state index in [1.54, 1.807) is 18.1 Å². The van der Waals surface area contributed by atoms with Gasteiger partial charge in [0.2, 0.25) is 0 Å². The summed E-state index contributed by atoms with van der Waals surface area (Å²) in [5.74, 6) is 0. The van der Waals surface area contributed by atoms with Crippen molar-refractivity contribution >= 4 is 22.7 Å². The molecule has 106 valence electrons. The molecule has 3 rings (SSSR count). The minimum Gasteiger partial charge on any atom is -0.316 e. The molecule has 0 radical (unpaired) electrons. The van der Waals surface area contributed by atoms with Crippen LogP contribution in [0.5, 0.6) is 0 Å². The average molecular weight is 295 g/mol. The Morgan fingerprint density at radius 2 is 1.95 bits per heavy atom. The molecule has 0 atom stereocenters. The third-order valence-corrected chi connectivity index (χ3v) is 4.53. The molecule has 0 bridgehead atoms. The third-order valence-electron chi connectivity index (χ3n) is 3.33. The maximum absolute atomic E-state index is 4.44. The smallest absolute Gasteiger partial charge is 0.117 e. The standard InChI is InChI=1S/C17H17N3S/c1-12-9-13(10-18-2)7-8-16(12)21-17-14-5-3-4-6-15(14)19-11-20-17/h3-9,11,18H,10H2,1-2H3. The number of para-hydroxylation sites is 1. The van der Waals surface area contributed by atoms with E-state index in [2.05, 4.69) is 46.5 Å². The fourth-order valence-electron chi connectivity index (χ4n) is 2.31. The monoisotopic (exact) mass is 295 g/mol. The molecule has 2 aromatic carbocycles. The van der Waals surface area contributed by atoms with Crippen LogP contribution in [0.4, 0.5) is 0 Å². The largest absolute Gasteiger partial charge is 0.316 e. The van der Waals surface area contributed by atoms with Gasteiger partial charge in [-0.15, -0.1) is 0 Å². The van der Waals surface area contributed by atoms with Gasteiger partial charge in [0, 0.05) is 16.8 Å². The highest BCUT2D eigenvalue weighted by molar-refractivity contribution is 7.99. The summed E-state index contributed by atoms with van der Waals surface area (Å²) >= 11 is 1.70. The first-order chi connectivity index (χ1) is 10.3. The lowest BCUT2D eigenvalue weighted by atomic mass is 10.1. The van der Waals surface area contributed by atoms with Crippen molar-refractivity contribution in [2.45, 2.75) is 23.4 Å². The van der Waals surface area contributed by atoms with E-state index in [1.165, 1.54) is 16.0 Å². The fraction of sp³-hybridized carbons (Fsp3) is 0.176. The van der Waals surface area contributed by atoms with Crippen molar-refractivity contribution in [3.8, 4) is 0 Å². The number of hydrogen-bond acceptors (Lipinski definition) is 4. The molecule has 4 heteroatoms. The lowest BCUT2D eigenvalue weighted by molar-refractivity contribution is 0.815. The number of nitrogens with one attached hydrogen (secondary N) is 1. The van der Waals surface area contributed by atoms with Gasteiger partial charge in [-0.3, -0.25) is 0 Å². The minimum absolute atomic E-state index is 0.891. The zero-order valence-electron chi connectivity index (χ0n) is 12.1. The Balaban J connectivity index is 1.95. The molecule has 1 heterocycles. The van der Waals surface area contributed by atoms with E-state index in [0.29, 0.717) is 0 Å². The van der Waals surface area contributed by atoms with Crippen LogP contribution in [0.3, 0.4) is 0 Å². The van der Waals surface area contributed by atoms with Gasteiger partial charge in [0.15, 0.2) is 0 Å². The number of aryl methyl sites for hydroxylation is 1. The normalized spacial score (nSPS) is 11.0. The van der Waals surface area contributed by atoms with E-state index in [4.69, 9.17) is 0 Å². The van der Waals surface area contributed by atoms with Gasteiger partial charge in [0.05, 0.1) is 5.52 Å². The molecule has 0 aliphatic heterocycles. The molecule has 3 nitrogen and oxygen atoms in total. The summed E-state index contributed by atoms with van der Waals surface area (Å²) in [5.41, 5.74) is 3.56. The Bertz CT molecular complexity index is 766. The van der Waals surface area contributed by atoms with Crippen molar-refractivity contribution in [1.29, 1.82) is 0 Å². The molecular weight excluding hydrogens is 278 g/mol. The van der Waals surface area contributed by atoms with Crippen molar-refractivity contribution in [3.63, 3.8) is 0 Å². The molecule has 0 amide bonds. The van der Waals surface area contributed by atoms with E-state index in [-0.39, 0.29) is 0 Å². The van der Waals surface area contributed by atoms with Gasteiger partial charge in [0.1, 0.15) is 11.4 Å². The highest BCUT2D eigenvalue weighted by Gasteiger charge is 2.07. The molecule has 0 aliphatic rings. The van der Waals surface area contributed by atoms with Crippen LogP contribution in [-0.2, 0) is 6.54 Å². The predicted octanol–water partition coefficient (Wildman–Crippen LogP) is 3.81. The molecule has 21 heavy (non-hydrogen) atoms. The fourth-order valence-corrected chi connectivity index (χ4v) is 3.25. The molecule has 0 unspecified atom stereocenters. The van der Waals surface area contributed by atoms with Crippen LogP contribution in [0.25, 0.3) is 10.9 Å². The number of fused-ring (bicyclic) bond motifs is 1. The molecule has 1 N–H and O–H groups in total. The Morgan fingerprint density at radius 3 is 2.76 bits per heavy atom. The minimum atomic E-state index is 0.891. The number of benzene rings is 2. The van der Waals surface area contributed by atoms with E-state index in [1.807, 2.05) is 25.2 Å². The Morgan fingerprint density at radius 1 is 1.10 bits per heavy atom. The topological polar surface area (TPSA) is 37.8 Å². The summed E-state index contributed by atoms with van der Waals surface area (Å²) in [6, 6.07) is 14.7. The molecule has 0 fully saturated rings. The first kappa shape index (κ1) is 14.0. The van der Waals surface area contributed by atoms with E-state index < -0.39 is 0 Å². The molecular formula is C17H17N3S. The van der Waals surface area contributed by atoms with Crippen LogP contribution in [0.2, 0.25) is 0 Å². The van der Waals surface area contributed by atoms with Crippen LogP contribution in [-0.4, -0.2) is 17.0 Å². The molecule has 0 spiro atoms. The third kappa shape index (κ3) is 3.06. The van der Waals surface area contributed by atoms with Crippen LogP contribution in [0.1, 0.15) is 11.1 Å². The number of aromatic nitrogens is 2. The summed E-state index contributed by atoms with van der Waals surface area (Å²) in [7, 11) is 1.96. The SMILES string of the molecule is CNCc1ccc(Sc2ncnc3ccccc23)c(C)c1. The second-order valence-electron chi connectivity index (χ2n) is 4.93. The van der Waals surface area contributed by atoms with Gasteiger partial charge in [-0.1, -0.05) is 42.1 Å². The zero-order chi connectivity index (χ0) is 14.7. The summed E-state index contributed by atoms with van der Waals surface area (Å²) in [4.78, 5) is 9.99. The van der Waals surface area contributed by atoms with Crippen molar-refractivity contribution in [2.75, 3.05) is 7.05 Å². The number of nitrogens with zero attached hydrogens (tertiary/aromatic N) is 2. The lowest BCUT2D eigenvalue weighted by Crippen LogP contribution is -2.05. The van der Waals surface area contributed by atoms with E-state index in [0.717, 1.165) is 22.5 Å². The maximum Gasteiger partial charge on any atom is 0.117 e. The van der Waals surface area contributed by atoms with Gasteiger partial charge in [-0.25, -0.2) is 9.97 Å². The van der Waals surface area contributed by atoms with Crippen molar-refractivity contribution in [1.82, 2.24) is 15.3 Å². The zero-order valence-corrected chi connectivity index (χ0v) is 12.9. The quantitative estimate of drug-likeness (QED) is 0.743. The number of rotatable bonds is 4. The molecule has 0 aliphatic carbocycles. The predicted molar refractivity (Wildman–Crippen MR) is 87.6 cm³/mol. The first-order valence-corrected chi connectivity index (χ1v) is 7.71. The van der Waals surface area contributed by atoms with Gasteiger partial charge < -0.3 is 5.32 Å². The highest BCUT2D eigenvalue weighted by Crippen LogP contribution is 2.33. The van der Waals surface area contributed by atoms with E-state index >= 15 is 0 Å². The highest BCUT2D eigenvalue weighted by atomic mass is 32.2. The maximum atomic E-state index is 4.44. The van der Waals surface area contributed by atoms with Crippen LogP contribution >= 0.6 is 11.8 Å². The van der Waals surface area contributed by atoms with Crippen molar-refractivity contribution in [3.05, 3.63) is 59.9 Å². The molecule has 1 aromatic heterocycles. The van der Waals surface area contributed by atoms with E-state index in [9.17, 15) is 0 Å². The van der Waals surface area contributed by atoms with Crippen LogP contribution in [0, 0.1) is 6.92 Å². The summed E-state index contributed by atoms with van der Waals surface area (Å²) in [6.45, 7) is 3.03. The number of hydrogen-bond donors (Lipinski definition) is 1.